The molecule has 1 amide bonds. The Morgan fingerprint density at radius 1 is 1.32 bits per heavy atom. The second-order valence-electron chi connectivity index (χ2n) is 5.23. The Hall–Kier alpha value is -2.69. The molecule has 0 aliphatic heterocycles. The molecule has 1 atom stereocenters. The molecule has 1 aromatic carbocycles. The number of benzene rings is 1. The highest BCUT2D eigenvalue weighted by atomic mass is 16.2. The van der Waals surface area contributed by atoms with E-state index in [0.717, 1.165) is 17.7 Å². The third-order valence-corrected chi connectivity index (χ3v) is 3.63. The lowest BCUT2D eigenvalue weighted by atomic mass is 10.0. The van der Waals surface area contributed by atoms with Crippen molar-refractivity contribution >= 4 is 11.6 Å². The quantitative estimate of drug-likeness (QED) is 0.805. The van der Waals surface area contributed by atoms with E-state index >= 15 is 0 Å². The molecule has 5 heteroatoms. The van der Waals surface area contributed by atoms with Crippen LogP contribution in [0.15, 0.2) is 48.9 Å². The van der Waals surface area contributed by atoms with Crippen LogP contribution in [0, 0.1) is 6.92 Å². The Balaban J connectivity index is 1.89. The number of fused-ring (bicyclic) bond motifs is 1. The fraction of sp³-hybridized carbons (Fsp3) is 0.235. The molecule has 0 aliphatic carbocycles. The maximum Gasteiger partial charge on any atom is 0.274 e. The van der Waals surface area contributed by atoms with E-state index < -0.39 is 0 Å². The zero-order valence-electron chi connectivity index (χ0n) is 12.7. The minimum absolute atomic E-state index is 0.0354. The number of hydrogen-bond donors (Lipinski definition) is 1. The minimum Gasteiger partial charge on any atom is -0.344 e. The highest BCUT2D eigenvalue weighted by Gasteiger charge is 2.18. The van der Waals surface area contributed by atoms with Crippen molar-refractivity contribution in [1.29, 1.82) is 0 Å². The summed E-state index contributed by atoms with van der Waals surface area (Å²) in [6.45, 7) is 3.94. The maximum atomic E-state index is 12.6. The molecular formula is C17H18N4O. The molecule has 3 aromatic rings. The summed E-state index contributed by atoms with van der Waals surface area (Å²) in [6.07, 6.45) is 6.10. The monoisotopic (exact) mass is 294 g/mol. The van der Waals surface area contributed by atoms with Gasteiger partial charge in [-0.15, -0.1) is 0 Å². The van der Waals surface area contributed by atoms with Crippen LogP contribution < -0.4 is 5.32 Å². The lowest BCUT2D eigenvalue weighted by molar-refractivity contribution is 0.0931. The molecule has 22 heavy (non-hydrogen) atoms. The number of hydrogen-bond acceptors (Lipinski definition) is 3. The first-order chi connectivity index (χ1) is 10.7. The predicted octanol–water partition coefficient (Wildman–Crippen LogP) is 2.92. The molecule has 3 rings (SSSR count). The van der Waals surface area contributed by atoms with Gasteiger partial charge < -0.3 is 9.72 Å². The van der Waals surface area contributed by atoms with E-state index in [4.69, 9.17) is 0 Å². The summed E-state index contributed by atoms with van der Waals surface area (Å²) in [6, 6.07) is 9.91. The third-order valence-electron chi connectivity index (χ3n) is 3.63. The van der Waals surface area contributed by atoms with E-state index in [2.05, 4.69) is 15.3 Å². The molecule has 0 saturated heterocycles. The number of carbonyl (C=O) groups excluding carboxylic acids is 1. The zero-order valence-corrected chi connectivity index (χ0v) is 12.7. The zero-order chi connectivity index (χ0) is 15.5. The van der Waals surface area contributed by atoms with Gasteiger partial charge in [-0.1, -0.05) is 37.3 Å². The van der Waals surface area contributed by atoms with Gasteiger partial charge in [-0.3, -0.25) is 4.79 Å². The van der Waals surface area contributed by atoms with Gasteiger partial charge >= 0.3 is 0 Å². The lowest BCUT2D eigenvalue weighted by Gasteiger charge is -2.17. The van der Waals surface area contributed by atoms with Crippen LogP contribution in [0.3, 0.4) is 0 Å². The van der Waals surface area contributed by atoms with Gasteiger partial charge in [-0.2, -0.15) is 0 Å². The van der Waals surface area contributed by atoms with Gasteiger partial charge in [0.25, 0.3) is 5.91 Å². The molecule has 1 N–H and O–H groups in total. The summed E-state index contributed by atoms with van der Waals surface area (Å²) in [5.74, 6) is -0.202. The maximum absolute atomic E-state index is 12.6. The SMILES string of the molecule is CCC(NC(=O)c1nccn2cc(C)nc12)c1ccccc1. The molecule has 5 nitrogen and oxygen atoms in total. The second-order valence-corrected chi connectivity index (χ2v) is 5.23. The number of nitrogens with zero attached hydrogens (tertiary/aromatic N) is 3. The van der Waals surface area contributed by atoms with Gasteiger partial charge in [-0.05, 0) is 18.9 Å². The molecule has 112 valence electrons. The summed E-state index contributed by atoms with van der Waals surface area (Å²) in [4.78, 5) is 21.2. The molecule has 0 fully saturated rings. The molecule has 2 aromatic heterocycles. The lowest BCUT2D eigenvalue weighted by Crippen LogP contribution is -2.29. The predicted molar refractivity (Wildman–Crippen MR) is 84.7 cm³/mol. The molecule has 1 unspecified atom stereocenters. The standard InChI is InChI=1S/C17H18N4O/c1-3-14(13-7-5-4-6-8-13)20-17(22)15-16-19-12(2)11-21(16)10-9-18-15/h4-11,14H,3H2,1-2H3,(H,20,22). The first-order valence-electron chi connectivity index (χ1n) is 7.35. The fourth-order valence-electron chi connectivity index (χ4n) is 2.54. The molecule has 0 radical (unpaired) electrons. The van der Waals surface area contributed by atoms with Gasteiger partial charge in [0.2, 0.25) is 0 Å². The van der Waals surface area contributed by atoms with E-state index in [1.807, 2.05) is 54.8 Å². The van der Waals surface area contributed by atoms with Crippen LogP contribution in [0.4, 0.5) is 0 Å². The van der Waals surface area contributed by atoms with Gasteiger partial charge in [0.05, 0.1) is 11.7 Å². The average Bonchev–Trinajstić information content (AvgIpc) is 2.93. The van der Waals surface area contributed by atoms with E-state index in [1.54, 1.807) is 12.4 Å². The number of aryl methyl sites for hydroxylation is 1. The Bertz CT molecular complexity index is 795. The molecule has 2 heterocycles. The Morgan fingerprint density at radius 2 is 2.09 bits per heavy atom. The van der Waals surface area contributed by atoms with Crippen molar-refractivity contribution in [1.82, 2.24) is 19.7 Å². The van der Waals surface area contributed by atoms with Crippen molar-refractivity contribution in [3.05, 3.63) is 65.9 Å². The Kier molecular flexibility index (Phi) is 3.87. The van der Waals surface area contributed by atoms with Crippen molar-refractivity contribution in [3.63, 3.8) is 0 Å². The summed E-state index contributed by atoms with van der Waals surface area (Å²) < 4.78 is 1.82. The number of amides is 1. The van der Waals surface area contributed by atoms with Crippen LogP contribution in [-0.2, 0) is 0 Å². The van der Waals surface area contributed by atoms with Crippen LogP contribution in [0.1, 0.15) is 41.1 Å². The highest BCUT2D eigenvalue weighted by Crippen LogP contribution is 2.17. The molecule has 0 saturated carbocycles. The first-order valence-corrected chi connectivity index (χ1v) is 7.35. The van der Waals surface area contributed by atoms with E-state index in [9.17, 15) is 4.79 Å². The van der Waals surface area contributed by atoms with Gasteiger partial charge in [0.15, 0.2) is 11.3 Å². The molecule has 0 spiro atoms. The molecule has 0 aliphatic rings. The van der Waals surface area contributed by atoms with Crippen LogP contribution in [-0.4, -0.2) is 20.3 Å². The van der Waals surface area contributed by atoms with Crippen molar-refractivity contribution in [2.75, 3.05) is 0 Å². The molecular weight excluding hydrogens is 276 g/mol. The normalized spacial score (nSPS) is 12.3. The van der Waals surface area contributed by atoms with Gasteiger partial charge in [0, 0.05) is 18.6 Å². The number of imidazole rings is 1. The second kappa shape index (κ2) is 5.97. The average molecular weight is 294 g/mol. The minimum atomic E-state index is -0.202. The van der Waals surface area contributed by atoms with Crippen LogP contribution in [0.25, 0.3) is 5.65 Å². The number of carbonyl (C=O) groups is 1. The highest BCUT2D eigenvalue weighted by molar-refractivity contribution is 5.98. The number of rotatable bonds is 4. The van der Waals surface area contributed by atoms with Crippen molar-refractivity contribution < 1.29 is 4.79 Å². The Labute approximate surface area is 129 Å². The van der Waals surface area contributed by atoms with Crippen molar-refractivity contribution in [3.8, 4) is 0 Å². The van der Waals surface area contributed by atoms with Crippen LogP contribution in [0.5, 0.6) is 0 Å². The summed E-state index contributed by atoms with van der Waals surface area (Å²) in [7, 11) is 0. The first kappa shape index (κ1) is 14.3. The van der Waals surface area contributed by atoms with Gasteiger partial charge in [0.1, 0.15) is 0 Å². The Morgan fingerprint density at radius 3 is 2.82 bits per heavy atom. The fourth-order valence-corrected chi connectivity index (χ4v) is 2.54. The third kappa shape index (κ3) is 2.70. The van der Waals surface area contributed by atoms with E-state index in [0.29, 0.717) is 11.3 Å². The number of nitrogens with one attached hydrogen (secondary N) is 1. The van der Waals surface area contributed by atoms with E-state index in [1.165, 1.54) is 0 Å². The van der Waals surface area contributed by atoms with Crippen molar-refractivity contribution in [2.24, 2.45) is 0 Å². The molecule has 0 bridgehead atoms. The van der Waals surface area contributed by atoms with Crippen molar-refractivity contribution in [2.45, 2.75) is 26.3 Å². The van der Waals surface area contributed by atoms with Crippen LogP contribution in [0.2, 0.25) is 0 Å². The topological polar surface area (TPSA) is 59.3 Å². The largest absolute Gasteiger partial charge is 0.344 e. The smallest absolute Gasteiger partial charge is 0.274 e. The van der Waals surface area contributed by atoms with Crippen LogP contribution >= 0.6 is 0 Å². The number of aromatic nitrogens is 3. The summed E-state index contributed by atoms with van der Waals surface area (Å²) in [5, 5.41) is 3.05. The van der Waals surface area contributed by atoms with Gasteiger partial charge in [-0.25, -0.2) is 9.97 Å². The van der Waals surface area contributed by atoms with E-state index in [-0.39, 0.29) is 11.9 Å². The summed E-state index contributed by atoms with van der Waals surface area (Å²) in [5.41, 5.74) is 2.88. The summed E-state index contributed by atoms with van der Waals surface area (Å²) >= 11 is 0.